The number of nitro groups is 1. The molecule has 0 atom stereocenters. The van der Waals surface area contributed by atoms with E-state index in [-0.39, 0.29) is 32.7 Å². The standard InChI is InChI=1S/C18H12Cl2N2O5.2C2H6/c1-9-4-17(27-8-9)11-7-16(23)12(6-13(11)19)18(24)21-15-3-2-10(22(25)26)5-14(15)20;2*1-2/h2-8,23H,1H3,(H,21,24);2*1-2H3. The Morgan fingerprint density at radius 1 is 1.06 bits per heavy atom. The molecule has 2 N–H and O–H groups in total. The largest absolute Gasteiger partial charge is 0.507 e. The fourth-order valence-corrected chi connectivity index (χ4v) is 2.89. The zero-order valence-electron chi connectivity index (χ0n) is 17.8. The van der Waals surface area contributed by atoms with Crippen molar-refractivity contribution in [2.45, 2.75) is 34.6 Å². The summed E-state index contributed by atoms with van der Waals surface area (Å²) < 4.78 is 5.36. The number of furan rings is 1. The van der Waals surface area contributed by atoms with E-state index in [1.165, 1.54) is 24.3 Å². The quantitative estimate of drug-likeness (QED) is 0.306. The van der Waals surface area contributed by atoms with E-state index < -0.39 is 10.8 Å². The van der Waals surface area contributed by atoms with Crippen LogP contribution in [0.3, 0.4) is 0 Å². The van der Waals surface area contributed by atoms with Crippen LogP contribution in [-0.4, -0.2) is 15.9 Å². The van der Waals surface area contributed by atoms with Crippen molar-refractivity contribution in [1.29, 1.82) is 0 Å². The van der Waals surface area contributed by atoms with Gasteiger partial charge in [0.2, 0.25) is 0 Å². The van der Waals surface area contributed by atoms with E-state index >= 15 is 0 Å². The van der Waals surface area contributed by atoms with Crippen molar-refractivity contribution in [3.63, 3.8) is 0 Å². The Balaban J connectivity index is 0.00000113. The van der Waals surface area contributed by atoms with Gasteiger partial charge < -0.3 is 14.8 Å². The molecule has 166 valence electrons. The molecular weight excluding hydrogens is 443 g/mol. The summed E-state index contributed by atoms with van der Waals surface area (Å²) in [6, 6.07) is 8.00. The first-order chi connectivity index (χ1) is 14.8. The van der Waals surface area contributed by atoms with Crippen molar-refractivity contribution in [1.82, 2.24) is 0 Å². The van der Waals surface area contributed by atoms with Crippen LogP contribution in [0.25, 0.3) is 11.3 Å². The fraction of sp³-hybridized carbons (Fsp3) is 0.227. The number of carbonyl (C=O) groups is 1. The number of anilines is 1. The van der Waals surface area contributed by atoms with Crippen molar-refractivity contribution in [3.8, 4) is 17.1 Å². The molecule has 0 aliphatic heterocycles. The molecule has 31 heavy (non-hydrogen) atoms. The Bertz CT molecular complexity index is 1060. The lowest BCUT2D eigenvalue weighted by Crippen LogP contribution is -2.12. The predicted molar refractivity (Wildman–Crippen MR) is 124 cm³/mol. The number of phenolic OH excluding ortho intramolecular Hbond substituents is 1. The van der Waals surface area contributed by atoms with Crippen LogP contribution in [0.1, 0.15) is 43.6 Å². The number of carbonyl (C=O) groups excluding carboxylic acids is 1. The molecule has 0 spiro atoms. The van der Waals surface area contributed by atoms with E-state index in [2.05, 4.69) is 5.32 Å². The highest BCUT2D eigenvalue weighted by atomic mass is 35.5. The molecule has 7 nitrogen and oxygen atoms in total. The first kappa shape index (κ1) is 26.0. The monoisotopic (exact) mass is 466 g/mol. The summed E-state index contributed by atoms with van der Waals surface area (Å²) in [5.41, 5.74) is 1.19. The minimum absolute atomic E-state index is 0.00850. The van der Waals surface area contributed by atoms with Gasteiger partial charge in [-0.3, -0.25) is 14.9 Å². The average Bonchev–Trinajstić information content (AvgIpc) is 3.19. The molecule has 2 aromatic carbocycles. The smallest absolute Gasteiger partial charge is 0.271 e. The molecular formula is C22H24Cl2N2O5. The summed E-state index contributed by atoms with van der Waals surface area (Å²) in [6.45, 7) is 9.84. The summed E-state index contributed by atoms with van der Waals surface area (Å²) in [5.74, 6) is -0.524. The highest BCUT2D eigenvalue weighted by Gasteiger charge is 2.19. The number of amides is 1. The second-order valence-electron chi connectivity index (χ2n) is 5.71. The first-order valence-electron chi connectivity index (χ1n) is 9.59. The number of aromatic hydroxyl groups is 1. The Kier molecular flexibility index (Phi) is 10.0. The number of hydrogen-bond acceptors (Lipinski definition) is 5. The van der Waals surface area contributed by atoms with Gasteiger partial charge in [-0.05, 0) is 36.8 Å². The maximum atomic E-state index is 12.5. The Morgan fingerprint density at radius 3 is 2.23 bits per heavy atom. The molecule has 0 aliphatic carbocycles. The summed E-state index contributed by atoms with van der Waals surface area (Å²) in [7, 11) is 0. The predicted octanol–water partition coefficient (Wildman–Crippen LogP) is 7.48. The number of halogens is 2. The lowest BCUT2D eigenvalue weighted by atomic mass is 10.1. The van der Waals surface area contributed by atoms with Crippen molar-refractivity contribution in [3.05, 3.63) is 73.9 Å². The molecule has 0 saturated carbocycles. The maximum absolute atomic E-state index is 12.5. The molecule has 1 aromatic heterocycles. The number of nitrogens with one attached hydrogen (secondary N) is 1. The van der Waals surface area contributed by atoms with Gasteiger partial charge in [0, 0.05) is 17.7 Å². The number of benzene rings is 2. The molecule has 3 aromatic rings. The van der Waals surface area contributed by atoms with E-state index in [9.17, 15) is 20.0 Å². The third kappa shape index (κ3) is 6.47. The third-order valence-corrected chi connectivity index (χ3v) is 4.36. The van der Waals surface area contributed by atoms with E-state index in [1.807, 2.05) is 34.6 Å². The molecule has 1 heterocycles. The topological polar surface area (TPSA) is 106 Å². The summed E-state index contributed by atoms with van der Waals surface area (Å²) in [5, 5.41) is 23.7. The highest BCUT2D eigenvalue weighted by Crippen LogP contribution is 2.35. The summed E-state index contributed by atoms with van der Waals surface area (Å²) >= 11 is 12.2. The van der Waals surface area contributed by atoms with Crippen molar-refractivity contribution >= 4 is 40.5 Å². The van der Waals surface area contributed by atoms with Gasteiger partial charge in [-0.25, -0.2) is 0 Å². The van der Waals surface area contributed by atoms with Gasteiger partial charge >= 0.3 is 0 Å². The van der Waals surface area contributed by atoms with Crippen LogP contribution in [-0.2, 0) is 0 Å². The SMILES string of the molecule is CC.CC.Cc1coc(-c2cc(O)c(C(=O)Nc3ccc([N+](=O)[O-])cc3Cl)cc2Cl)c1. The minimum Gasteiger partial charge on any atom is -0.507 e. The van der Waals surface area contributed by atoms with Crippen molar-refractivity contribution in [2.24, 2.45) is 0 Å². The van der Waals surface area contributed by atoms with Crippen LogP contribution in [0.4, 0.5) is 11.4 Å². The molecule has 3 rings (SSSR count). The Hall–Kier alpha value is -3.03. The van der Waals surface area contributed by atoms with E-state index in [1.54, 1.807) is 12.3 Å². The Labute approximate surface area is 190 Å². The molecule has 0 unspecified atom stereocenters. The van der Waals surface area contributed by atoms with E-state index in [0.717, 1.165) is 11.6 Å². The van der Waals surface area contributed by atoms with Crippen LogP contribution in [0.2, 0.25) is 10.0 Å². The lowest BCUT2D eigenvalue weighted by molar-refractivity contribution is -0.384. The number of phenols is 1. The molecule has 0 aliphatic rings. The van der Waals surface area contributed by atoms with Gasteiger partial charge in [0.05, 0.1) is 32.5 Å². The molecule has 9 heteroatoms. The molecule has 0 saturated heterocycles. The van der Waals surface area contributed by atoms with Crippen LogP contribution in [0.5, 0.6) is 5.75 Å². The number of nitro benzene ring substituents is 1. The van der Waals surface area contributed by atoms with Crippen LogP contribution in [0.15, 0.2) is 47.1 Å². The average molecular weight is 467 g/mol. The van der Waals surface area contributed by atoms with Crippen molar-refractivity contribution < 1.29 is 19.2 Å². The van der Waals surface area contributed by atoms with Gasteiger partial charge in [-0.2, -0.15) is 0 Å². The second-order valence-corrected chi connectivity index (χ2v) is 6.53. The molecule has 0 radical (unpaired) electrons. The Morgan fingerprint density at radius 2 is 1.71 bits per heavy atom. The van der Waals surface area contributed by atoms with Crippen LogP contribution >= 0.6 is 23.2 Å². The lowest BCUT2D eigenvalue weighted by Gasteiger charge is -2.10. The third-order valence-electron chi connectivity index (χ3n) is 3.74. The first-order valence-corrected chi connectivity index (χ1v) is 10.3. The second kappa shape index (κ2) is 12.0. The van der Waals surface area contributed by atoms with Crippen molar-refractivity contribution in [2.75, 3.05) is 5.32 Å². The summed E-state index contributed by atoms with van der Waals surface area (Å²) in [6.07, 6.45) is 1.54. The fourth-order valence-electron chi connectivity index (χ4n) is 2.41. The van der Waals surface area contributed by atoms with E-state index in [4.69, 9.17) is 27.6 Å². The zero-order valence-corrected chi connectivity index (χ0v) is 19.3. The van der Waals surface area contributed by atoms with Crippen LogP contribution in [0, 0.1) is 17.0 Å². The summed E-state index contributed by atoms with van der Waals surface area (Å²) in [4.78, 5) is 22.6. The van der Waals surface area contributed by atoms with Crippen LogP contribution < -0.4 is 5.32 Å². The van der Waals surface area contributed by atoms with Gasteiger partial charge in [0.1, 0.15) is 11.5 Å². The number of nitrogens with zero attached hydrogens (tertiary/aromatic N) is 1. The number of rotatable bonds is 4. The molecule has 0 fully saturated rings. The number of hydrogen-bond donors (Lipinski definition) is 2. The molecule has 1 amide bonds. The van der Waals surface area contributed by atoms with Gasteiger partial charge in [-0.15, -0.1) is 0 Å². The minimum atomic E-state index is -0.674. The van der Waals surface area contributed by atoms with Gasteiger partial charge in [-0.1, -0.05) is 50.9 Å². The highest BCUT2D eigenvalue weighted by molar-refractivity contribution is 6.35. The zero-order chi connectivity index (χ0) is 23.7. The normalized spacial score (nSPS) is 9.65. The molecule has 0 bridgehead atoms. The van der Waals surface area contributed by atoms with Gasteiger partial charge in [0.15, 0.2) is 0 Å². The van der Waals surface area contributed by atoms with Gasteiger partial charge in [0.25, 0.3) is 11.6 Å². The maximum Gasteiger partial charge on any atom is 0.271 e. The number of non-ortho nitro benzene ring substituents is 1. The number of aryl methyl sites for hydroxylation is 1. The van der Waals surface area contributed by atoms with E-state index in [0.29, 0.717) is 11.3 Å².